The van der Waals surface area contributed by atoms with Gasteiger partial charge in [0.2, 0.25) is 5.91 Å². The molecule has 116 valence electrons. The van der Waals surface area contributed by atoms with Crippen molar-refractivity contribution in [2.24, 2.45) is 0 Å². The van der Waals surface area contributed by atoms with E-state index in [4.69, 9.17) is 5.11 Å². The van der Waals surface area contributed by atoms with E-state index in [0.717, 1.165) is 19.3 Å². The summed E-state index contributed by atoms with van der Waals surface area (Å²) in [7, 11) is 0. The first kappa shape index (κ1) is 18.9. The molecule has 0 aliphatic heterocycles. The topological polar surface area (TPSA) is 69.6 Å². The van der Waals surface area contributed by atoms with Crippen LogP contribution in [0, 0.1) is 0 Å². The van der Waals surface area contributed by atoms with Crippen molar-refractivity contribution in [3.05, 3.63) is 24.3 Å². The molecule has 0 heterocycles. The third-order valence-electron chi connectivity index (χ3n) is 2.97. The minimum absolute atomic E-state index is 0.258. The minimum atomic E-state index is -0.850. The lowest BCUT2D eigenvalue weighted by molar-refractivity contribution is -0.120. The molecule has 0 saturated carbocycles. The maximum atomic E-state index is 10.9. The van der Waals surface area contributed by atoms with Gasteiger partial charge in [0.25, 0.3) is 0 Å². The van der Waals surface area contributed by atoms with Crippen molar-refractivity contribution in [2.75, 3.05) is 6.61 Å². The summed E-state index contributed by atoms with van der Waals surface area (Å²) in [6, 6.07) is -0.631. The molecule has 4 nitrogen and oxygen atoms in total. The average molecular weight is 283 g/mol. The highest BCUT2D eigenvalue weighted by Crippen LogP contribution is 2.02. The van der Waals surface area contributed by atoms with Crippen LogP contribution in [0.3, 0.4) is 0 Å². The highest BCUT2D eigenvalue weighted by Gasteiger charge is 2.15. The van der Waals surface area contributed by atoms with Crippen molar-refractivity contribution in [3.63, 3.8) is 0 Å². The second-order valence-corrected chi connectivity index (χ2v) is 4.95. The van der Waals surface area contributed by atoms with Crippen LogP contribution in [0.1, 0.15) is 52.4 Å². The van der Waals surface area contributed by atoms with E-state index in [1.165, 1.54) is 26.2 Å². The third-order valence-corrected chi connectivity index (χ3v) is 2.97. The van der Waals surface area contributed by atoms with Crippen LogP contribution in [-0.2, 0) is 4.79 Å². The van der Waals surface area contributed by atoms with Crippen molar-refractivity contribution >= 4 is 5.91 Å². The van der Waals surface area contributed by atoms with Gasteiger partial charge in [-0.15, -0.1) is 0 Å². The van der Waals surface area contributed by atoms with Crippen LogP contribution in [0.15, 0.2) is 24.3 Å². The fourth-order valence-electron chi connectivity index (χ4n) is 1.81. The molecule has 0 aliphatic carbocycles. The first-order valence-corrected chi connectivity index (χ1v) is 7.49. The van der Waals surface area contributed by atoms with E-state index in [-0.39, 0.29) is 12.5 Å². The number of aliphatic hydroxyl groups is 2. The minimum Gasteiger partial charge on any atom is -0.394 e. The Morgan fingerprint density at radius 3 is 2.40 bits per heavy atom. The lowest BCUT2D eigenvalue weighted by atomic mass is 10.1. The highest BCUT2D eigenvalue weighted by atomic mass is 16.3. The standard InChI is InChI=1S/C16H29NO3/c1-3-4-5-6-7-8-9-10-11-12-16(20)15(13-18)17-14(2)19/h7-8,11-12,15-16,18,20H,3-6,9-10,13H2,1-2H3,(H,17,19)/b8-7+,12-11+. The number of rotatable bonds is 11. The lowest BCUT2D eigenvalue weighted by Crippen LogP contribution is -2.44. The number of unbranched alkanes of at least 4 members (excludes halogenated alkanes) is 4. The smallest absolute Gasteiger partial charge is 0.217 e. The molecule has 4 heteroatoms. The second kappa shape index (κ2) is 12.9. The molecular weight excluding hydrogens is 254 g/mol. The first-order chi connectivity index (χ1) is 9.61. The largest absolute Gasteiger partial charge is 0.394 e. The molecule has 0 aromatic heterocycles. The van der Waals surface area contributed by atoms with Gasteiger partial charge < -0.3 is 15.5 Å². The maximum absolute atomic E-state index is 10.9. The van der Waals surface area contributed by atoms with Gasteiger partial charge in [-0.25, -0.2) is 0 Å². The molecule has 0 fully saturated rings. The number of hydrogen-bond donors (Lipinski definition) is 3. The van der Waals surface area contributed by atoms with Gasteiger partial charge in [-0.2, -0.15) is 0 Å². The molecule has 0 aromatic carbocycles. The van der Waals surface area contributed by atoms with Crippen LogP contribution in [0.4, 0.5) is 0 Å². The average Bonchev–Trinajstić information content (AvgIpc) is 2.42. The van der Waals surface area contributed by atoms with E-state index < -0.39 is 12.1 Å². The summed E-state index contributed by atoms with van der Waals surface area (Å²) < 4.78 is 0. The Balaban J connectivity index is 3.79. The Morgan fingerprint density at radius 1 is 1.15 bits per heavy atom. The SMILES string of the molecule is CCCCC/C=C/CC/C=C/C(O)C(CO)NC(C)=O. The number of nitrogens with one attached hydrogen (secondary N) is 1. The summed E-state index contributed by atoms with van der Waals surface area (Å²) in [4.78, 5) is 10.9. The van der Waals surface area contributed by atoms with Crippen molar-refractivity contribution in [3.8, 4) is 0 Å². The summed E-state index contributed by atoms with van der Waals surface area (Å²) in [5.74, 6) is -0.258. The summed E-state index contributed by atoms with van der Waals surface area (Å²) in [5, 5.41) is 21.4. The number of amides is 1. The van der Waals surface area contributed by atoms with Crippen LogP contribution in [0.5, 0.6) is 0 Å². The van der Waals surface area contributed by atoms with Crippen molar-refractivity contribution < 1.29 is 15.0 Å². The van der Waals surface area contributed by atoms with Gasteiger partial charge in [0, 0.05) is 6.92 Å². The number of carbonyl (C=O) groups excluding carboxylic acids is 1. The normalized spacial score (nSPS) is 14.8. The molecule has 0 aliphatic rings. The molecule has 0 bridgehead atoms. The highest BCUT2D eigenvalue weighted by molar-refractivity contribution is 5.73. The van der Waals surface area contributed by atoms with Gasteiger partial charge in [0.05, 0.1) is 18.8 Å². The molecule has 0 saturated heterocycles. The number of carbonyl (C=O) groups is 1. The lowest BCUT2D eigenvalue weighted by Gasteiger charge is -2.18. The monoisotopic (exact) mass is 283 g/mol. The molecule has 1 amide bonds. The van der Waals surface area contributed by atoms with E-state index in [1.807, 2.05) is 6.08 Å². The van der Waals surface area contributed by atoms with Crippen LogP contribution >= 0.6 is 0 Å². The predicted octanol–water partition coefficient (Wildman–Crippen LogP) is 2.32. The van der Waals surface area contributed by atoms with Crippen LogP contribution in [0.25, 0.3) is 0 Å². The molecule has 2 unspecified atom stereocenters. The van der Waals surface area contributed by atoms with Crippen LogP contribution in [-0.4, -0.2) is 34.9 Å². The number of hydrogen-bond acceptors (Lipinski definition) is 3. The van der Waals surface area contributed by atoms with E-state index >= 15 is 0 Å². The molecule has 2 atom stereocenters. The molecule has 0 aromatic rings. The zero-order chi connectivity index (χ0) is 15.2. The fraction of sp³-hybridized carbons (Fsp3) is 0.688. The Bertz CT molecular complexity index is 300. The van der Waals surface area contributed by atoms with E-state index in [1.54, 1.807) is 6.08 Å². The molecule has 3 N–H and O–H groups in total. The zero-order valence-electron chi connectivity index (χ0n) is 12.7. The van der Waals surface area contributed by atoms with Crippen molar-refractivity contribution in [1.29, 1.82) is 0 Å². The Morgan fingerprint density at radius 2 is 1.80 bits per heavy atom. The van der Waals surface area contributed by atoms with E-state index in [9.17, 15) is 9.90 Å². The molecule has 0 rings (SSSR count). The predicted molar refractivity (Wildman–Crippen MR) is 82.4 cm³/mol. The van der Waals surface area contributed by atoms with E-state index in [2.05, 4.69) is 24.4 Å². The van der Waals surface area contributed by atoms with Gasteiger partial charge in [0.1, 0.15) is 0 Å². The summed E-state index contributed by atoms with van der Waals surface area (Å²) in [6.07, 6.45) is 13.7. The van der Waals surface area contributed by atoms with E-state index in [0.29, 0.717) is 0 Å². The molecule has 20 heavy (non-hydrogen) atoms. The zero-order valence-corrected chi connectivity index (χ0v) is 12.7. The molecule has 0 spiro atoms. The molecule has 0 radical (unpaired) electrons. The number of allylic oxidation sites excluding steroid dienone is 3. The Hall–Kier alpha value is -1.13. The summed E-state index contributed by atoms with van der Waals surface area (Å²) in [6.45, 7) is 3.28. The van der Waals surface area contributed by atoms with Crippen LogP contribution in [0.2, 0.25) is 0 Å². The van der Waals surface area contributed by atoms with Crippen LogP contribution < -0.4 is 5.32 Å². The summed E-state index contributed by atoms with van der Waals surface area (Å²) in [5.41, 5.74) is 0. The number of aliphatic hydroxyl groups excluding tert-OH is 2. The quantitative estimate of drug-likeness (QED) is 0.402. The van der Waals surface area contributed by atoms with Gasteiger partial charge in [-0.05, 0) is 25.7 Å². The first-order valence-electron chi connectivity index (χ1n) is 7.49. The summed E-state index contributed by atoms with van der Waals surface area (Å²) >= 11 is 0. The maximum Gasteiger partial charge on any atom is 0.217 e. The Labute approximate surface area is 122 Å². The van der Waals surface area contributed by atoms with Gasteiger partial charge in [-0.1, -0.05) is 44.1 Å². The Kier molecular flexibility index (Phi) is 12.2. The van der Waals surface area contributed by atoms with Crippen molar-refractivity contribution in [2.45, 2.75) is 64.5 Å². The van der Waals surface area contributed by atoms with Gasteiger partial charge >= 0.3 is 0 Å². The second-order valence-electron chi connectivity index (χ2n) is 4.95. The van der Waals surface area contributed by atoms with Gasteiger partial charge in [-0.3, -0.25) is 4.79 Å². The van der Waals surface area contributed by atoms with Gasteiger partial charge in [0.15, 0.2) is 0 Å². The van der Waals surface area contributed by atoms with Crippen molar-refractivity contribution in [1.82, 2.24) is 5.32 Å². The molecular formula is C16H29NO3. The fourth-order valence-corrected chi connectivity index (χ4v) is 1.81. The third kappa shape index (κ3) is 10.8.